The summed E-state index contributed by atoms with van der Waals surface area (Å²) in [5.41, 5.74) is 8.43. The summed E-state index contributed by atoms with van der Waals surface area (Å²) >= 11 is 0. The average molecular weight is 420 g/mol. The highest BCUT2D eigenvalue weighted by Crippen LogP contribution is 2.23. The number of morpholine rings is 1. The summed E-state index contributed by atoms with van der Waals surface area (Å²) in [6, 6.07) is 14.8. The van der Waals surface area contributed by atoms with Crippen molar-refractivity contribution in [1.29, 1.82) is 0 Å². The molecule has 0 unspecified atom stereocenters. The standard InChI is InChI=1S/C23H24N4O4/c1-14-2-4-15(5-3-14)13-27-10-11-31-20(23(27)30)19(28)22(29)26-17-6-7-18-16(12-17)8-9-25-21(18)24/h2-9,12,19-20,28H,10-11,13H2,1H3,(H2,24,25)(H,26,29)/t19-,20-/m1/s1. The SMILES string of the molecule is Cc1ccc(CN2CCO[C@H]([C@@H](O)C(=O)Nc3ccc4c(N)nccc4c3)C2=O)cc1. The molecule has 2 aromatic carbocycles. The van der Waals surface area contributed by atoms with Crippen molar-refractivity contribution in [2.45, 2.75) is 25.7 Å². The lowest BCUT2D eigenvalue weighted by atomic mass is 10.1. The van der Waals surface area contributed by atoms with E-state index in [0.717, 1.165) is 21.9 Å². The number of carbonyl (C=O) groups is 2. The summed E-state index contributed by atoms with van der Waals surface area (Å²) in [6.07, 6.45) is -1.30. The van der Waals surface area contributed by atoms with E-state index in [2.05, 4.69) is 10.3 Å². The number of aliphatic hydroxyl groups is 1. The largest absolute Gasteiger partial charge is 0.383 e. The van der Waals surface area contributed by atoms with Gasteiger partial charge in [-0.15, -0.1) is 0 Å². The number of rotatable bonds is 5. The lowest BCUT2D eigenvalue weighted by molar-refractivity contribution is -0.166. The summed E-state index contributed by atoms with van der Waals surface area (Å²) in [4.78, 5) is 31.1. The molecule has 2 amide bonds. The molecule has 0 bridgehead atoms. The molecule has 160 valence electrons. The third-order valence-electron chi connectivity index (χ3n) is 5.33. The molecule has 0 aliphatic carbocycles. The monoisotopic (exact) mass is 420 g/mol. The number of nitrogens with one attached hydrogen (secondary N) is 1. The van der Waals surface area contributed by atoms with E-state index in [1.54, 1.807) is 35.4 Å². The maximum Gasteiger partial charge on any atom is 0.256 e. The first-order valence-electron chi connectivity index (χ1n) is 10.0. The Bertz CT molecular complexity index is 1120. The Morgan fingerprint density at radius 3 is 2.84 bits per heavy atom. The molecule has 3 aromatic rings. The smallest absolute Gasteiger partial charge is 0.256 e. The van der Waals surface area contributed by atoms with Gasteiger partial charge in [0.05, 0.1) is 6.61 Å². The van der Waals surface area contributed by atoms with Gasteiger partial charge in [-0.05, 0) is 42.1 Å². The van der Waals surface area contributed by atoms with E-state index in [-0.39, 0.29) is 6.61 Å². The van der Waals surface area contributed by atoms with E-state index in [1.807, 2.05) is 31.2 Å². The predicted molar refractivity (Wildman–Crippen MR) is 117 cm³/mol. The van der Waals surface area contributed by atoms with E-state index >= 15 is 0 Å². The fourth-order valence-electron chi connectivity index (χ4n) is 3.58. The van der Waals surface area contributed by atoms with Crippen LogP contribution in [0.1, 0.15) is 11.1 Å². The number of aliphatic hydroxyl groups excluding tert-OH is 1. The number of nitrogen functional groups attached to an aromatic ring is 1. The first kappa shape index (κ1) is 20.8. The van der Waals surface area contributed by atoms with Gasteiger partial charge in [-0.3, -0.25) is 9.59 Å². The number of nitrogens with zero attached hydrogens (tertiary/aromatic N) is 2. The Morgan fingerprint density at radius 1 is 1.29 bits per heavy atom. The van der Waals surface area contributed by atoms with Crippen LogP contribution < -0.4 is 11.1 Å². The second-order valence-corrected chi connectivity index (χ2v) is 7.60. The van der Waals surface area contributed by atoms with E-state index in [9.17, 15) is 14.7 Å². The topological polar surface area (TPSA) is 118 Å². The number of pyridine rings is 1. The predicted octanol–water partition coefficient (Wildman–Crippen LogP) is 1.85. The van der Waals surface area contributed by atoms with Crippen LogP contribution in [0, 0.1) is 6.92 Å². The Morgan fingerprint density at radius 2 is 2.06 bits per heavy atom. The molecule has 31 heavy (non-hydrogen) atoms. The number of nitrogens with two attached hydrogens (primary N) is 1. The molecule has 8 nitrogen and oxygen atoms in total. The van der Waals surface area contributed by atoms with Crippen LogP contribution in [0.25, 0.3) is 10.8 Å². The third-order valence-corrected chi connectivity index (χ3v) is 5.33. The number of anilines is 2. The molecule has 4 N–H and O–H groups in total. The Labute approximate surface area is 179 Å². The number of hydrogen-bond donors (Lipinski definition) is 3. The molecule has 2 heterocycles. The van der Waals surface area contributed by atoms with Crippen LogP contribution in [0.5, 0.6) is 0 Å². The van der Waals surface area contributed by atoms with Gasteiger partial charge in [0.1, 0.15) is 5.82 Å². The zero-order valence-corrected chi connectivity index (χ0v) is 17.1. The van der Waals surface area contributed by atoms with Crippen LogP contribution in [0.2, 0.25) is 0 Å². The molecule has 1 aliphatic rings. The van der Waals surface area contributed by atoms with E-state index in [0.29, 0.717) is 24.6 Å². The van der Waals surface area contributed by atoms with Gasteiger partial charge in [0.25, 0.3) is 11.8 Å². The molecule has 1 aliphatic heterocycles. The molecular formula is C23H24N4O4. The van der Waals surface area contributed by atoms with Gasteiger partial charge in [0.15, 0.2) is 12.2 Å². The van der Waals surface area contributed by atoms with Crippen molar-refractivity contribution in [2.75, 3.05) is 24.2 Å². The Hall–Kier alpha value is -3.49. The number of fused-ring (bicyclic) bond motifs is 1. The van der Waals surface area contributed by atoms with E-state index < -0.39 is 24.0 Å². The zero-order valence-electron chi connectivity index (χ0n) is 17.1. The minimum Gasteiger partial charge on any atom is -0.383 e. The highest BCUT2D eigenvalue weighted by molar-refractivity contribution is 6.01. The van der Waals surface area contributed by atoms with Crippen LogP contribution in [0.3, 0.4) is 0 Å². The molecule has 4 rings (SSSR count). The van der Waals surface area contributed by atoms with Crippen molar-refractivity contribution in [3.8, 4) is 0 Å². The minimum atomic E-state index is -1.63. The quantitative estimate of drug-likeness (QED) is 0.580. The molecular weight excluding hydrogens is 396 g/mol. The fourth-order valence-corrected chi connectivity index (χ4v) is 3.58. The van der Waals surface area contributed by atoms with Gasteiger partial charge in [-0.2, -0.15) is 0 Å². The second-order valence-electron chi connectivity index (χ2n) is 7.60. The van der Waals surface area contributed by atoms with Crippen LogP contribution >= 0.6 is 0 Å². The minimum absolute atomic E-state index is 0.245. The first-order chi connectivity index (χ1) is 14.9. The first-order valence-corrected chi connectivity index (χ1v) is 10.0. The molecule has 0 spiro atoms. The highest BCUT2D eigenvalue weighted by Gasteiger charge is 2.38. The van der Waals surface area contributed by atoms with E-state index in [4.69, 9.17) is 10.5 Å². The molecule has 8 heteroatoms. The Balaban J connectivity index is 1.44. The average Bonchev–Trinajstić information content (AvgIpc) is 2.76. The number of carbonyl (C=O) groups excluding carboxylic acids is 2. The maximum absolute atomic E-state index is 12.8. The third kappa shape index (κ3) is 4.50. The fraction of sp³-hybridized carbons (Fsp3) is 0.261. The molecule has 1 fully saturated rings. The number of hydrogen-bond acceptors (Lipinski definition) is 6. The lowest BCUT2D eigenvalue weighted by Crippen LogP contribution is -2.54. The molecule has 0 radical (unpaired) electrons. The van der Waals surface area contributed by atoms with Crippen molar-refractivity contribution < 1.29 is 19.4 Å². The normalized spacial score (nSPS) is 17.5. The summed E-state index contributed by atoms with van der Waals surface area (Å²) < 4.78 is 5.46. The number of ether oxygens (including phenoxy) is 1. The van der Waals surface area contributed by atoms with Gasteiger partial charge in [0.2, 0.25) is 0 Å². The van der Waals surface area contributed by atoms with Crippen molar-refractivity contribution in [3.05, 3.63) is 65.9 Å². The van der Waals surface area contributed by atoms with Gasteiger partial charge < -0.3 is 25.8 Å². The maximum atomic E-state index is 12.8. The van der Waals surface area contributed by atoms with Crippen molar-refractivity contribution >= 4 is 34.1 Å². The van der Waals surface area contributed by atoms with Crippen LogP contribution in [-0.4, -0.2) is 52.2 Å². The lowest BCUT2D eigenvalue weighted by Gasteiger charge is -2.34. The number of amides is 2. The number of aromatic nitrogens is 1. The zero-order chi connectivity index (χ0) is 22.0. The van der Waals surface area contributed by atoms with Gasteiger partial charge in [-0.25, -0.2) is 4.98 Å². The summed E-state index contributed by atoms with van der Waals surface area (Å²) in [7, 11) is 0. The summed E-state index contributed by atoms with van der Waals surface area (Å²) in [5, 5.41) is 14.7. The van der Waals surface area contributed by atoms with Crippen LogP contribution in [0.4, 0.5) is 11.5 Å². The molecule has 2 atom stereocenters. The molecule has 1 aromatic heterocycles. The summed E-state index contributed by atoms with van der Waals surface area (Å²) in [5.74, 6) is -0.728. The van der Waals surface area contributed by atoms with Gasteiger partial charge >= 0.3 is 0 Å². The van der Waals surface area contributed by atoms with Crippen molar-refractivity contribution in [3.63, 3.8) is 0 Å². The van der Waals surface area contributed by atoms with Gasteiger partial charge in [-0.1, -0.05) is 29.8 Å². The molecule has 1 saturated heterocycles. The Kier molecular flexibility index (Phi) is 5.83. The van der Waals surface area contributed by atoms with Crippen molar-refractivity contribution in [2.24, 2.45) is 0 Å². The summed E-state index contributed by atoms with van der Waals surface area (Å²) in [6.45, 7) is 3.04. The van der Waals surface area contributed by atoms with E-state index in [1.165, 1.54) is 0 Å². The highest BCUT2D eigenvalue weighted by atomic mass is 16.5. The second kappa shape index (κ2) is 8.71. The number of aryl methyl sites for hydroxylation is 1. The van der Waals surface area contributed by atoms with Crippen LogP contribution in [0.15, 0.2) is 54.7 Å². The van der Waals surface area contributed by atoms with Crippen LogP contribution in [-0.2, 0) is 20.9 Å². The van der Waals surface area contributed by atoms with Crippen molar-refractivity contribution in [1.82, 2.24) is 9.88 Å². The number of benzene rings is 2. The molecule has 0 saturated carbocycles. The van der Waals surface area contributed by atoms with Gasteiger partial charge in [0, 0.05) is 30.4 Å².